The third kappa shape index (κ3) is 4.16. The molecule has 4 rings (SSSR count). The highest BCUT2D eigenvalue weighted by molar-refractivity contribution is 5.60. The van der Waals surface area contributed by atoms with Crippen LogP contribution in [0.5, 0.6) is 17.2 Å². The van der Waals surface area contributed by atoms with E-state index in [4.69, 9.17) is 24.7 Å². The normalized spacial score (nSPS) is 19.6. The van der Waals surface area contributed by atoms with Gasteiger partial charge in [0, 0.05) is 23.9 Å². The Morgan fingerprint density at radius 1 is 1.27 bits per heavy atom. The number of benzene rings is 1. The summed E-state index contributed by atoms with van der Waals surface area (Å²) in [4.78, 5) is 13.8. The van der Waals surface area contributed by atoms with E-state index in [0.29, 0.717) is 54.7 Å². The van der Waals surface area contributed by atoms with Crippen LogP contribution in [0.2, 0.25) is 0 Å². The van der Waals surface area contributed by atoms with E-state index in [1.807, 2.05) is 39.0 Å². The van der Waals surface area contributed by atoms with Crippen LogP contribution in [0.25, 0.3) is 0 Å². The smallest absolute Gasteiger partial charge is 0.258 e. The van der Waals surface area contributed by atoms with Gasteiger partial charge in [-0.3, -0.25) is 4.79 Å². The van der Waals surface area contributed by atoms with Gasteiger partial charge in [0.2, 0.25) is 5.88 Å². The fraction of sp³-hybridized carbons (Fsp3) is 0.440. The highest BCUT2D eigenvalue weighted by Crippen LogP contribution is 2.46. The third-order valence-corrected chi connectivity index (χ3v) is 6.01. The molecule has 1 saturated heterocycles. The van der Waals surface area contributed by atoms with Crippen molar-refractivity contribution in [2.75, 3.05) is 19.8 Å². The minimum atomic E-state index is -0.746. The second-order valence-corrected chi connectivity index (χ2v) is 8.08. The van der Waals surface area contributed by atoms with Gasteiger partial charge >= 0.3 is 0 Å². The number of nitrogens with zero attached hydrogens (tertiary/aromatic N) is 2. The van der Waals surface area contributed by atoms with E-state index in [-0.39, 0.29) is 23.1 Å². The van der Waals surface area contributed by atoms with Crippen LogP contribution in [0, 0.1) is 18.3 Å². The summed E-state index contributed by atoms with van der Waals surface area (Å²) in [5, 5.41) is 9.99. The van der Waals surface area contributed by atoms with Gasteiger partial charge in [0.25, 0.3) is 5.56 Å². The summed E-state index contributed by atoms with van der Waals surface area (Å²) in [5.41, 5.74) is 7.84. The van der Waals surface area contributed by atoms with Crippen LogP contribution in [0.1, 0.15) is 49.4 Å². The molecule has 0 saturated carbocycles. The predicted molar refractivity (Wildman–Crippen MR) is 122 cm³/mol. The van der Waals surface area contributed by atoms with Crippen LogP contribution >= 0.6 is 0 Å². The number of rotatable bonds is 7. The van der Waals surface area contributed by atoms with E-state index < -0.39 is 5.92 Å². The SMILES string of the molecule is CCOc1cccc([C@@H]2C(C#N)=C(N)Oc3cc(C)n(C[C@H]4CCCO4)c(=O)c32)c1OCC. The summed E-state index contributed by atoms with van der Waals surface area (Å²) in [6.07, 6.45) is 1.87. The summed E-state index contributed by atoms with van der Waals surface area (Å²) in [5.74, 6) is 0.629. The number of nitrogens with two attached hydrogens (primary N) is 1. The van der Waals surface area contributed by atoms with E-state index in [9.17, 15) is 10.1 Å². The number of hydrogen-bond donors (Lipinski definition) is 1. The summed E-state index contributed by atoms with van der Waals surface area (Å²) >= 11 is 0. The van der Waals surface area contributed by atoms with Crippen LogP contribution in [0.3, 0.4) is 0 Å². The number of pyridine rings is 1. The highest BCUT2D eigenvalue weighted by atomic mass is 16.5. The van der Waals surface area contributed by atoms with Gasteiger partial charge < -0.3 is 29.2 Å². The molecule has 33 heavy (non-hydrogen) atoms. The lowest BCUT2D eigenvalue weighted by molar-refractivity contribution is 0.0954. The third-order valence-electron chi connectivity index (χ3n) is 6.01. The van der Waals surface area contributed by atoms with Crippen molar-refractivity contribution in [1.82, 2.24) is 4.57 Å². The maximum absolute atomic E-state index is 13.8. The van der Waals surface area contributed by atoms with E-state index in [0.717, 1.165) is 18.5 Å². The maximum Gasteiger partial charge on any atom is 0.258 e. The number of fused-ring (bicyclic) bond motifs is 1. The van der Waals surface area contributed by atoms with Gasteiger partial charge in [0.05, 0.1) is 37.3 Å². The fourth-order valence-electron chi connectivity index (χ4n) is 4.54. The van der Waals surface area contributed by atoms with Crippen molar-refractivity contribution in [3.05, 3.63) is 62.9 Å². The van der Waals surface area contributed by atoms with Crippen molar-refractivity contribution < 1.29 is 18.9 Å². The molecule has 2 aliphatic rings. The second kappa shape index (κ2) is 9.59. The quantitative estimate of drug-likeness (QED) is 0.688. The average molecular weight is 452 g/mol. The number of ether oxygens (including phenoxy) is 4. The van der Waals surface area contributed by atoms with Crippen molar-refractivity contribution >= 4 is 0 Å². The number of hydrogen-bond acceptors (Lipinski definition) is 7. The van der Waals surface area contributed by atoms with Crippen molar-refractivity contribution in [3.8, 4) is 23.3 Å². The highest BCUT2D eigenvalue weighted by Gasteiger charge is 2.37. The minimum absolute atomic E-state index is 0.0151. The average Bonchev–Trinajstić information content (AvgIpc) is 3.30. The molecule has 0 spiro atoms. The molecule has 8 nitrogen and oxygen atoms in total. The Labute approximate surface area is 193 Å². The number of nitriles is 1. The van der Waals surface area contributed by atoms with Gasteiger partial charge in [0.1, 0.15) is 17.4 Å². The molecule has 1 fully saturated rings. The van der Waals surface area contributed by atoms with Crippen LogP contribution in [-0.2, 0) is 11.3 Å². The Bertz CT molecular complexity index is 1170. The first-order chi connectivity index (χ1) is 16.0. The number of para-hydroxylation sites is 1. The molecule has 1 aromatic carbocycles. The number of allylic oxidation sites excluding steroid dienone is 1. The van der Waals surface area contributed by atoms with Crippen LogP contribution in [0.4, 0.5) is 0 Å². The summed E-state index contributed by atoms with van der Waals surface area (Å²) in [6, 6.07) is 9.42. The molecule has 8 heteroatoms. The van der Waals surface area contributed by atoms with Gasteiger partial charge in [-0.05, 0) is 39.7 Å². The zero-order chi connectivity index (χ0) is 23.5. The Hall–Kier alpha value is -3.44. The first-order valence-electron chi connectivity index (χ1n) is 11.3. The molecule has 174 valence electrons. The summed E-state index contributed by atoms with van der Waals surface area (Å²) < 4.78 is 25.0. The van der Waals surface area contributed by atoms with Crippen LogP contribution in [-0.4, -0.2) is 30.5 Å². The standard InChI is InChI=1S/C25H29N3O5/c1-4-30-19-10-6-9-17(23(19)31-5-2)21-18(13-26)24(27)33-20-12-15(3)28(25(29)22(20)21)14-16-8-7-11-32-16/h6,9-10,12,16,21H,4-5,7-8,11,14,27H2,1-3H3/t16-,21-/m1/s1. The lowest BCUT2D eigenvalue weighted by Crippen LogP contribution is -2.35. The number of aryl methyl sites for hydroxylation is 1. The molecule has 2 aromatic rings. The first-order valence-corrected chi connectivity index (χ1v) is 11.3. The first kappa shape index (κ1) is 22.7. The zero-order valence-electron chi connectivity index (χ0n) is 19.2. The van der Waals surface area contributed by atoms with Gasteiger partial charge in [-0.1, -0.05) is 12.1 Å². The maximum atomic E-state index is 13.8. The molecule has 3 heterocycles. The number of aromatic nitrogens is 1. The van der Waals surface area contributed by atoms with E-state index in [1.165, 1.54) is 0 Å². The van der Waals surface area contributed by atoms with Gasteiger partial charge in [-0.15, -0.1) is 0 Å². The van der Waals surface area contributed by atoms with E-state index in [2.05, 4.69) is 6.07 Å². The van der Waals surface area contributed by atoms with E-state index in [1.54, 1.807) is 10.6 Å². The molecule has 1 aromatic heterocycles. The van der Waals surface area contributed by atoms with Crippen molar-refractivity contribution in [2.24, 2.45) is 5.73 Å². The van der Waals surface area contributed by atoms with Crippen LogP contribution < -0.4 is 25.5 Å². The van der Waals surface area contributed by atoms with Crippen molar-refractivity contribution in [1.29, 1.82) is 5.26 Å². The Morgan fingerprint density at radius 2 is 2.06 bits per heavy atom. The van der Waals surface area contributed by atoms with E-state index >= 15 is 0 Å². The molecule has 2 atom stereocenters. The van der Waals surface area contributed by atoms with Crippen molar-refractivity contribution in [2.45, 2.75) is 52.2 Å². The topological polar surface area (TPSA) is 109 Å². The summed E-state index contributed by atoms with van der Waals surface area (Å²) in [6.45, 7) is 7.61. The zero-order valence-corrected chi connectivity index (χ0v) is 19.2. The Balaban J connectivity index is 1.94. The van der Waals surface area contributed by atoms with Gasteiger partial charge in [-0.25, -0.2) is 0 Å². The largest absolute Gasteiger partial charge is 0.490 e. The molecular weight excluding hydrogens is 422 g/mol. The Morgan fingerprint density at radius 3 is 2.73 bits per heavy atom. The molecule has 2 aliphatic heterocycles. The minimum Gasteiger partial charge on any atom is -0.490 e. The fourth-order valence-corrected chi connectivity index (χ4v) is 4.54. The predicted octanol–water partition coefficient (Wildman–Crippen LogP) is 3.35. The monoisotopic (exact) mass is 451 g/mol. The molecule has 0 unspecified atom stereocenters. The van der Waals surface area contributed by atoms with Crippen molar-refractivity contribution in [3.63, 3.8) is 0 Å². The molecule has 0 bridgehead atoms. The van der Waals surface area contributed by atoms with Gasteiger partial charge in [-0.2, -0.15) is 5.26 Å². The molecule has 0 radical (unpaired) electrons. The molecule has 0 amide bonds. The van der Waals surface area contributed by atoms with Crippen LogP contribution in [0.15, 0.2) is 40.5 Å². The second-order valence-electron chi connectivity index (χ2n) is 8.08. The molecular formula is C25H29N3O5. The Kier molecular flexibility index (Phi) is 6.61. The lowest BCUT2D eigenvalue weighted by atomic mass is 9.83. The molecule has 0 aliphatic carbocycles. The summed E-state index contributed by atoms with van der Waals surface area (Å²) in [7, 11) is 0. The van der Waals surface area contributed by atoms with Gasteiger partial charge in [0.15, 0.2) is 11.5 Å². The molecule has 2 N–H and O–H groups in total. The lowest BCUT2D eigenvalue weighted by Gasteiger charge is -2.29.